The normalized spacial score (nSPS) is 14.9. The molecule has 0 amide bonds. The Bertz CT molecular complexity index is 3060. The summed E-state index contributed by atoms with van der Waals surface area (Å²) in [6.45, 7) is 9.20. The molecule has 0 radical (unpaired) electrons. The standard InChI is InChI=1S/C56H49N5S2/c1-55(2)45-19-10-8-17-41(45)43-26-24-35(31-47(43)55)49-21-12-16-40(60-49)33-62-52(57)38-28-37(34-14-6-5-7-15-34)29-39(30-38)53(58)63-54(59)51-23-13-22-50(61-51)36-25-27-44-42-18-9-11-20-46(42)56(3,4)48(44)32-36/h5-32,52,54,58H,33,57,59H2,1-4H3. The number of rotatable bonds is 10. The monoisotopic (exact) mass is 855 g/mol. The second kappa shape index (κ2) is 16.2. The molecular weight excluding hydrogens is 807 g/mol. The maximum absolute atomic E-state index is 9.36. The third-order valence-electron chi connectivity index (χ3n) is 12.9. The largest absolute Gasteiger partial charge is 0.316 e. The van der Waals surface area contributed by atoms with Crippen LogP contribution in [-0.2, 0) is 16.6 Å². The van der Waals surface area contributed by atoms with Crippen LogP contribution in [0.25, 0.3) is 55.9 Å². The van der Waals surface area contributed by atoms with Gasteiger partial charge in [0.25, 0.3) is 0 Å². The van der Waals surface area contributed by atoms with Crippen molar-refractivity contribution < 1.29 is 0 Å². The Morgan fingerprint density at radius 3 is 1.70 bits per heavy atom. The predicted molar refractivity (Wildman–Crippen MR) is 266 cm³/mol. The molecule has 0 spiro atoms. The van der Waals surface area contributed by atoms with Crippen LogP contribution in [-0.4, -0.2) is 15.0 Å². The lowest BCUT2D eigenvalue weighted by Gasteiger charge is -2.22. The van der Waals surface area contributed by atoms with Gasteiger partial charge in [0.15, 0.2) is 0 Å². The zero-order valence-corrected chi connectivity index (χ0v) is 37.5. The van der Waals surface area contributed by atoms with Gasteiger partial charge in [-0.05, 0) is 116 Å². The molecule has 2 aromatic heterocycles. The zero-order valence-electron chi connectivity index (χ0n) is 35.9. The van der Waals surface area contributed by atoms with E-state index in [2.05, 4.69) is 155 Å². The van der Waals surface area contributed by atoms with Crippen LogP contribution in [0.4, 0.5) is 0 Å². The number of benzene rings is 6. The number of fused-ring (bicyclic) bond motifs is 6. The van der Waals surface area contributed by atoms with Crippen molar-refractivity contribution in [3.05, 3.63) is 215 Å². The van der Waals surface area contributed by atoms with E-state index in [4.69, 9.17) is 21.4 Å². The molecule has 2 aliphatic rings. The molecule has 0 bridgehead atoms. The second-order valence-corrected chi connectivity index (χ2v) is 19.9. The number of hydrogen-bond acceptors (Lipinski definition) is 7. The fourth-order valence-electron chi connectivity index (χ4n) is 9.49. The highest BCUT2D eigenvalue weighted by Crippen LogP contribution is 2.51. The summed E-state index contributed by atoms with van der Waals surface area (Å²) in [5.41, 5.74) is 33.7. The molecule has 2 atom stereocenters. The van der Waals surface area contributed by atoms with Crippen LogP contribution in [0.3, 0.4) is 0 Å². The Labute approximate surface area is 379 Å². The molecule has 5 nitrogen and oxygen atoms in total. The average Bonchev–Trinajstić information content (AvgIpc) is 3.69. The van der Waals surface area contributed by atoms with Gasteiger partial charge in [-0.3, -0.25) is 15.4 Å². The minimum atomic E-state index is -0.551. The lowest BCUT2D eigenvalue weighted by Crippen LogP contribution is -2.15. The molecule has 6 aromatic carbocycles. The third-order valence-corrected chi connectivity index (χ3v) is 15.0. The number of aromatic nitrogens is 2. The van der Waals surface area contributed by atoms with Crippen molar-refractivity contribution >= 4 is 28.6 Å². The van der Waals surface area contributed by atoms with Crippen LogP contribution in [0.2, 0.25) is 0 Å². The summed E-state index contributed by atoms with van der Waals surface area (Å²) < 4.78 is 0. The fourth-order valence-corrected chi connectivity index (χ4v) is 11.1. The summed E-state index contributed by atoms with van der Waals surface area (Å²) in [5, 5.41) is 8.82. The maximum Gasteiger partial charge on any atom is 0.0999 e. The van der Waals surface area contributed by atoms with Gasteiger partial charge in [0.2, 0.25) is 0 Å². The lowest BCUT2D eigenvalue weighted by atomic mass is 9.82. The van der Waals surface area contributed by atoms with Crippen LogP contribution < -0.4 is 11.5 Å². The molecule has 2 aliphatic carbocycles. The van der Waals surface area contributed by atoms with E-state index in [0.717, 1.165) is 56.2 Å². The quantitative estimate of drug-likeness (QED) is 0.0719. The van der Waals surface area contributed by atoms with Gasteiger partial charge in [0.05, 0.1) is 38.6 Å². The van der Waals surface area contributed by atoms with Crippen molar-refractivity contribution in [1.29, 1.82) is 5.41 Å². The van der Waals surface area contributed by atoms with Crippen molar-refractivity contribution in [1.82, 2.24) is 9.97 Å². The van der Waals surface area contributed by atoms with E-state index < -0.39 is 5.37 Å². The number of thioether (sulfide) groups is 2. The van der Waals surface area contributed by atoms with Gasteiger partial charge in [-0.25, -0.2) is 0 Å². The number of nitrogens with zero attached hydrogens (tertiary/aromatic N) is 2. The Balaban J connectivity index is 0.869. The molecule has 7 heteroatoms. The zero-order chi connectivity index (χ0) is 43.5. The fraction of sp³-hybridized carbons (Fsp3) is 0.161. The van der Waals surface area contributed by atoms with E-state index in [9.17, 15) is 5.41 Å². The summed E-state index contributed by atoms with van der Waals surface area (Å²) in [5.74, 6) is 0.634. The van der Waals surface area contributed by atoms with Crippen molar-refractivity contribution in [2.75, 3.05) is 0 Å². The average molecular weight is 856 g/mol. The summed E-state index contributed by atoms with van der Waals surface area (Å²) in [4.78, 5) is 10.2. The first-order chi connectivity index (χ1) is 30.5. The van der Waals surface area contributed by atoms with E-state index in [1.54, 1.807) is 11.8 Å². The van der Waals surface area contributed by atoms with E-state index in [1.165, 1.54) is 56.3 Å². The first-order valence-electron chi connectivity index (χ1n) is 21.5. The minimum Gasteiger partial charge on any atom is -0.316 e. The van der Waals surface area contributed by atoms with Crippen LogP contribution >= 0.6 is 23.5 Å². The summed E-state index contributed by atoms with van der Waals surface area (Å²) >= 11 is 2.94. The molecule has 8 aromatic rings. The molecule has 5 N–H and O–H groups in total. The predicted octanol–water partition coefficient (Wildman–Crippen LogP) is 13.7. The van der Waals surface area contributed by atoms with Crippen molar-refractivity contribution in [2.45, 2.75) is 55.0 Å². The van der Waals surface area contributed by atoms with E-state index in [0.29, 0.717) is 10.8 Å². The molecule has 310 valence electrons. The Hall–Kier alpha value is -6.09. The maximum atomic E-state index is 9.36. The first kappa shape index (κ1) is 41.0. The molecule has 2 heterocycles. The van der Waals surface area contributed by atoms with Gasteiger partial charge in [0, 0.05) is 33.3 Å². The van der Waals surface area contributed by atoms with Crippen LogP contribution in [0.1, 0.15) is 83.2 Å². The van der Waals surface area contributed by atoms with Crippen molar-refractivity contribution in [3.63, 3.8) is 0 Å². The molecule has 10 rings (SSSR count). The summed E-state index contributed by atoms with van der Waals surface area (Å²) in [7, 11) is 0. The highest BCUT2D eigenvalue weighted by molar-refractivity contribution is 8.14. The Morgan fingerprint density at radius 2 is 1.06 bits per heavy atom. The summed E-state index contributed by atoms with van der Waals surface area (Å²) in [6, 6.07) is 59.6. The van der Waals surface area contributed by atoms with Gasteiger partial charge in [0.1, 0.15) is 0 Å². The highest BCUT2D eigenvalue weighted by atomic mass is 32.2. The smallest absolute Gasteiger partial charge is 0.0999 e. The van der Waals surface area contributed by atoms with E-state index >= 15 is 0 Å². The van der Waals surface area contributed by atoms with Gasteiger partial charge in [-0.15, -0.1) is 11.8 Å². The van der Waals surface area contributed by atoms with Crippen LogP contribution in [0.15, 0.2) is 170 Å². The Kier molecular flexibility index (Phi) is 10.6. The van der Waals surface area contributed by atoms with Gasteiger partial charge < -0.3 is 11.5 Å². The number of pyridine rings is 2. The molecule has 0 fully saturated rings. The number of nitrogens with one attached hydrogen (secondary N) is 1. The molecular formula is C56H49N5S2. The molecule has 0 saturated carbocycles. The van der Waals surface area contributed by atoms with E-state index in [1.807, 2.05) is 42.5 Å². The van der Waals surface area contributed by atoms with E-state index in [-0.39, 0.29) is 16.2 Å². The second-order valence-electron chi connectivity index (χ2n) is 17.6. The molecule has 0 saturated heterocycles. The van der Waals surface area contributed by atoms with Crippen molar-refractivity contribution in [2.24, 2.45) is 11.5 Å². The van der Waals surface area contributed by atoms with Crippen LogP contribution in [0, 0.1) is 5.41 Å². The first-order valence-corrected chi connectivity index (χ1v) is 23.4. The Morgan fingerprint density at radius 1 is 0.508 bits per heavy atom. The van der Waals surface area contributed by atoms with Gasteiger partial charge >= 0.3 is 0 Å². The van der Waals surface area contributed by atoms with Gasteiger partial charge in [-0.1, -0.05) is 155 Å². The summed E-state index contributed by atoms with van der Waals surface area (Å²) in [6.07, 6.45) is 0. The number of nitrogens with two attached hydrogens (primary N) is 2. The lowest BCUT2D eigenvalue weighted by molar-refractivity contribution is 0.660. The SMILES string of the molecule is CC1(C)c2ccccc2-c2ccc(-c3cccc(CSC(N)c4cc(C(=N)SC(N)c5cccc(-c6ccc7c(c6)C(C)(C)c6ccccc6-7)n5)cc(-c5ccccc5)c4)n3)cc21. The third kappa shape index (κ3) is 7.53. The molecule has 2 unspecified atom stereocenters. The number of hydrogen-bond donors (Lipinski definition) is 3. The topological polar surface area (TPSA) is 102 Å². The molecule has 63 heavy (non-hydrogen) atoms. The van der Waals surface area contributed by atoms with Crippen molar-refractivity contribution in [3.8, 4) is 55.9 Å². The minimum absolute atomic E-state index is 0.0772. The van der Waals surface area contributed by atoms with Gasteiger partial charge in [-0.2, -0.15) is 0 Å². The molecule has 0 aliphatic heterocycles. The van der Waals surface area contributed by atoms with Crippen LogP contribution in [0.5, 0.6) is 0 Å². The highest BCUT2D eigenvalue weighted by Gasteiger charge is 2.36.